The lowest BCUT2D eigenvalue weighted by atomic mass is 10.2. The van der Waals surface area contributed by atoms with Gasteiger partial charge in [-0.1, -0.05) is 30.3 Å². The van der Waals surface area contributed by atoms with Crippen LogP contribution in [-0.4, -0.2) is 17.5 Å². The first-order chi connectivity index (χ1) is 11.1. The molecule has 0 aliphatic carbocycles. The van der Waals surface area contributed by atoms with Gasteiger partial charge in [-0.2, -0.15) is 0 Å². The number of anilines is 1. The van der Waals surface area contributed by atoms with Gasteiger partial charge in [0.2, 0.25) is 0 Å². The predicted octanol–water partition coefficient (Wildman–Crippen LogP) is 3.87. The number of hydrogen-bond donors (Lipinski definition) is 1. The van der Waals surface area contributed by atoms with Crippen molar-refractivity contribution in [1.29, 1.82) is 0 Å². The molecular weight excluding hydrogens is 288 g/mol. The average molecular weight is 306 g/mol. The number of hydrogen-bond acceptors (Lipinski definition) is 3. The second-order valence-corrected chi connectivity index (χ2v) is 5.49. The fraction of sp³-hybridized carbons (Fsp3) is 0.158. The van der Waals surface area contributed by atoms with Gasteiger partial charge in [-0.25, -0.2) is 4.98 Å². The summed E-state index contributed by atoms with van der Waals surface area (Å²) in [6, 6.07) is 17.3. The molecule has 0 aliphatic heterocycles. The lowest BCUT2D eigenvalue weighted by molar-refractivity contribution is -0.118. The lowest BCUT2D eigenvalue weighted by Gasteiger charge is -2.10. The molecule has 1 heterocycles. The number of carbonyl (C=O) groups is 1. The van der Waals surface area contributed by atoms with Crippen molar-refractivity contribution in [2.24, 2.45) is 0 Å². The third-order valence-corrected chi connectivity index (χ3v) is 3.48. The van der Waals surface area contributed by atoms with Crippen molar-refractivity contribution in [2.75, 3.05) is 11.9 Å². The van der Waals surface area contributed by atoms with E-state index >= 15 is 0 Å². The molecule has 0 fully saturated rings. The molecule has 2 aromatic carbocycles. The van der Waals surface area contributed by atoms with Crippen LogP contribution in [-0.2, 0) is 4.79 Å². The topological polar surface area (TPSA) is 51.2 Å². The van der Waals surface area contributed by atoms with E-state index in [0.29, 0.717) is 5.75 Å². The van der Waals surface area contributed by atoms with Crippen molar-refractivity contribution in [3.63, 3.8) is 0 Å². The Labute approximate surface area is 135 Å². The minimum atomic E-state index is -0.194. The van der Waals surface area contributed by atoms with Crippen LogP contribution in [0.15, 0.2) is 54.6 Å². The summed E-state index contributed by atoms with van der Waals surface area (Å²) in [6.07, 6.45) is 0. The van der Waals surface area contributed by atoms with Crippen molar-refractivity contribution in [2.45, 2.75) is 13.8 Å². The highest BCUT2D eigenvalue weighted by molar-refractivity contribution is 5.92. The molecule has 3 rings (SSSR count). The first kappa shape index (κ1) is 15.0. The van der Waals surface area contributed by atoms with E-state index in [1.165, 1.54) is 0 Å². The maximum Gasteiger partial charge on any atom is 0.262 e. The summed E-state index contributed by atoms with van der Waals surface area (Å²) in [7, 11) is 0. The van der Waals surface area contributed by atoms with Crippen molar-refractivity contribution < 1.29 is 9.53 Å². The summed E-state index contributed by atoms with van der Waals surface area (Å²) >= 11 is 0. The quantitative estimate of drug-likeness (QED) is 0.796. The van der Waals surface area contributed by atoms with Crippen LogP contribution in [0.25, 0.3) is 10.9 Å². The van der Waals surface area contributed by atoms with Crippen LogP contribution in [0.4, 0.5) is 5.69 Å². The molecule has 23 heavy (non-hydrogen) atoms. The molecule has 0 spiro atoms. The zero-order valence-electron chi connectivity index (χ0n) is 13.2. The number of benzene rings is 2. The highest BCUT2D eigenvalue weighted by atomic mass is 16.5. The monoisotopic (exact) mass is 306 g/mol. The number of ether oxygens (including phenoxy) is 1. The highest BCUT2D eigenvalue weighted by Crippen LogP contribution is 2.23. The van der Waals surface area contributed by atoms with Crippen LogP contribution >= 0.6 is 0 Å². The standard InChI is InChI=1S/C19H18N2O2/c1-13-5-3-7-16(11-13)21-18(22)12-23-17-8-4-6-15-10-9-14(2)20-19(15)17/h3-11H,12H2,1-2H3,(H,21,22). The number of amides is 1. The highest BCUT2D eigenvalue weighted by Gasteiger charge is 2.07. The number of nitrogens with one attached hydrogen (secondary N) is 1. The lowest BCUT2D eigenvalue weighted by Crippen LogP contribution is -2.20. The first-order valence-corrected chi connectivity index (χ1v) is 7.47. The van der Waals surface area contributed by atoms with Gasteiger partial charge in [0.1, 0.15) is 11.3 Å². The molecular formula is C19H18N2O2. The normalized spacial score (nSPS) is 10.5. The van der Waals surface area contributed by atoms with Gasteiger partial charge < -0.3 is 10.1 Å². The van der Waals surface area contributed by atoms with Crippen molar-refractivity contribution >= 4 is 22.5 Å². The number of para-hydroxylation sites is 1. The second-order valence-electron chi connectivity index (χ2n) is 5.49. The Morgan fingerprint density at radius 2 is 1.91 bits per heavy atom. The third-order valence-electron chi connectivity index (χ3n) is 3.48. The SMILES string of the molecule is Cc1cccc(NC(=O)COc2cccc3ccc(C)nc23)c1. The number of nitrogens with zero attached hydrogens (tertiary/aromatic N) is 1. The average Bonchev–Trinajstić information content (AvgIpc) is 2.53. The summed E-state index contributed by atoms with van der Waals surface area (Å²) in [5.74, 6) is 0.422. The van der Waals surface area contributed by atoms with Crippen molar-refractivity contribution in [1.82, 2.24) is 4.98 Å². The summed E-state index contributed by atoms with van der Waals surface area (Å²) in [4.78, 5) is 16.5. The fourth-order valence-corrected chi connectivity index (χ4v) is 2.40. The molecule has 0 saturated heterocycles. The van der Waals surface area contributed by atoms with Gasteiger partial charge in [0.25, 0.3) is 5.91 Å². The second kappa shape index (κ2) is 6.48. The summed E-state index contributed by atoms with van der Waals surface area (Å²) < 4.78 is 5.66. The van der Waals surface area contributed by atoms with Crippen molar-refractivity contribution in [3.8, 4) is 5.75 Å². The number of carbonyl (C=O) groups excluding carboxylic acids is 1. The first-order valence-electron chi connectivity index (χ1n) is 7.47. The third kappa shape index (κ3) is 3.66. The van der Waals surface area contributed by atoms with Gasteiger partial charge in [-0.3, -0.25) is 4.79 Å². The molecule has 0 radical (unpaired) electrons. The number of aromatic nitrogens is 1. The smallest absolute Gasteiger partial charge is 0.262 e. The molecule has 1 amide bonds. The Morgan fingerprint density at radius 3 is 2.74 bits per heavy atom. The van der Waals surface area contributed by atoms with Gasteiger partial charge in [-0.15, -0.1) is 0 Å². The van der Waals surface area contributed by atoms with Crippen LogP contribution < -0.4 is 10.1 Å². The fourth-order valence-electron chi connectivity index (χ4n) is 2.40. The number of fused-ring (bicyclic) bond motifs is 1. The molecule has 1 aromatic heterocycles. The molecule has 0 aliphatic rings. The molecule has 0 unspecified atom stereocenters. The van der Waals surface area contributed by atoms with E-state index in [-0.39, 0.29) is 12.5 Å². The maximum absolute atomic E-state index is 12.0. The van der Waals surface area contributed by atoms with E-state index in [4.69, 9.17) is 4.74 Å². The van der Waals surface area contributed by atoms with Crippen LogP contribution in [0.5, 0.6) is 5.75 Å². The van der Waals surface area contributed by atoms with Crippen molar-refractivity contribution in [3.05, 3.63) is 65.9 Å². The van der Waals surface area contributed by atoms with E-state index in [1.54, 1.807) is 0 Å². The van der Waals surface area contributed by atoms with E-state index < -0.39 is 0 Å². The summed E-state index contributed by atoms with van der Waals surface area (Å²) in [5.41, 5.74) is 3.55. The van der Waals surface area contributed by atoms with Gasteiger partial charge in [0, 0.05) is 16.8 Å². The molecule has 0 saturated carbocycles. The van der Waals surface area contributed by atoms with Crippen LogP contribution in [0, 0.1) is 13.8 Å². The molecule has 0 atom stereocenters. The maximum atomic E-state index is 12.0. The van der Waals surface area contributed by atoms with E-state index in [2.05, 4.69) is 10.3 Å². The Bertz CT molecular complexity index is 859. The van der Waals surface area contributed by atoms with E-state index in [1.807, 2.05) is 68.4 Å². The molecule has 4 nitrogen and oxygen atoms in total. The van der Waals surface area contributed by atoms with Crippen LogP contribution in [0.1, 0.15) is 11.3 Å². The number of pyridine rings is 1. The van der Waals surface area contributed by atoms with Gasteiger partial charge in [0.15, 0.2) is 6.61 Å². The number of aryl methyl sites for hydroxylation is 2. The Hall–Kier alpha value is -2.88. The van der Waals surface area contributed by atoms with Gasteiger partial charge in [0.05, 0.1) is 0 Å². The zero-order chi connectivity index (χ0) is 16.2. The minimum absolute atomic E-state index is 0.0529. The molecule has 1 N–H and O–H groups in total. The van der Waals surface area contributed by atoms with E-state index in [9.17, 15) is 4.79 Å². The number of rotatable bonds is 4. The Balaban J connectivity index is 1.71. The molecule has 116 valence electrons. The Kier molecular flexibility index (Phi) is 4.24. The zero-order valence-corrected chi connectivity index (χ0v) is 13.2. The van der Waals surface area contributed by atoms with Gasteiger partial charge >= 0.3 is 0 Å². The molecule has 3 aromatic rings. The molecule has 4 heteroatoms. The predicted molar refractivity (Wildman–Crippen MR) is 91.8 cm³/mol. The summed E-state index contributed by atoms with van der Waals surface area (Å²) in [5, 5.41) is 3.82. The minimum Gasteiger partial charge on any atom is -0.481 e. The van der Waals surface area contributed by atoms with Crippen LogP contribution in [0.2, 0.25) is 0 Å². The van der Waals surface area contributed by atoms with Crippen LogP contribution in [0.3, 0.4) is 0 Å². The Morgan fingerprint density at radius 1 is 1.09 bits per heavy atom. The van der Waals surface area contributed by atoms with E-state index in [0.717, 1.165) is 27.8 Å². The largest absolute Gasteiger partial charge is 0.481 e. The summed E-state index contributed by atoms with van der Waals surface area (Å²) in [6.45, 7) is 3.86. The van der Waals surface area contributed by atoms with Gasteiger partial charge in [-0.05, 0) is 43.7 Å². The molecule has 0 bridgehead atoms.